The zero-order valence-corrected chi connectivity index (χ0v) is 11.3. The number of nitriles is 1. The first-order valence-electron chi connectivity index (χ1n) is 3.99. The fourth-order valence-electron chi connectivity index (χ4n) is 1.28. The number of fused-ring (bicyclic) bond motifs is 1. The van der Waals surface area contributed by atoms with Crippen LogP contribution in [-0.2, 0) is 0 Å². The first kappa shape index (κ1) is 11.8. The molecular formula is C11H7KN2. The van der Waals surface area contributed by atoms with Crippen molar-refractivity contribution in [1.82, 2.24) is 4.98 Å². The van der Waals surface area contributed by atoms with E-state index in [-0.39, 0.29) is 51.4 Å². The van der Waals surface area contributed by atoms with Crippen LogP contribution in [0.3, 0.4) is 0 Å². The maximum absolute atomic E-state index is 8.83. The van der Waals surface area contributed by atoms with Crippen molar-refractivity contribution in [2.45, 2.75) is 6.92 Å². The van der Waals surface area contributed by atoms with E-state index in [1.807, 2.05) is 25.1 Å². The number of aryl methyl sites for hydroxylation is 1. The molecule has 2 nitrogen and oxygen atoms in total. The van der Waals surface area contributed by atoms with Gasteiger partial charge in [0.1, 0.15) is 0 Å². The second-order valence-corrected chi connectivity index (χ2v) is 2.84. The van der Waals surface area contributed by atoms with Crippen molar-refractivity contribution in [3.8, 4) is 6.07 Å². The summed E-state index contributed by atoms with van der Waals surface area (Å²) in [5, 5.41) is 9.79. The Morgan fingerprint density at radius 2 is 2.21 bits per heavy atom. The Bertz CT molecular complexity index is 500. The Morgan fingerprint density at radius 3 is 2.93 bits per heavy atom. The van der Waals surface area contributed by atoms with Gasteiger partial charge in [-0.25, -0.2) is 12.1 Å². The van der Waals surface area contributed by atoms with Gasteiger partial charge in [-0.15, -0.1) is 11.5 Å². The van der Waals surface area contributed by atoms with E-state index >= 15 is 0 Å². The number of para-hydroxylation sites is 1. The van der Waals surface area contributed by atoms with Gasteiger partial charge in [0.2, 0.25) is 0 Å². The molecular weight excluding hydrogens is 199 g/mol. The number of pyridine rings is 1. The average molecular weight is 206 g/mol. The van der Waals surface area contributed by atoms with Gasteiger partial charge in [-0.05, 0) is 13.0 Å². The zero-order valence-electron chi connectivity index (χ0n) is 8.20. The molecule has 0 atom stereocenters. The van der Waals surface area contributed by atoms with Crippen LogP contribution in [0.5, 0.6) is 0 Å². The summed E-state index contributed by atoms with van der Waals surface area (Å²) in [6, 6.07) is 12.5. The summed E-state index contributed by atoms with van der Waals surface area (Å²) in [7, 11) is 0. The summed E-state index contributed by atoms with van der Waals surface area (Å²) in [5.41, 5.74) is 2.20. The number of nitrogens with zero attached hydrogens (tertiary/aromatic N) is 2. The molecule has 0 fully saturated rings. The number of hydrogen-bond acceptors (Lipinski definition) is 2. The van der Waals surface area contributed by atoms with Crippen molar-refractivity contribution in [2.24, 2.45) is 0 Å². The maximum atomic E-state index is 8.83. The molecule has 62 valence electrons. The van der Waals surface area contributed by atoms with Gasteiger partial charge in [0.05, 0.1) is 11.6 Å². The molecule has 0 saturated carbocycles. The largest absolute Gasteiger partial charge is 1.00 e. The Morgan fingerprint density at radius 1 is 1.43 bits per heavy atom. The van der Waals surface area contributed by atoms with Crippen molar-refractivity contribution in [3.05, 3.63) is 41.6 Å². The fourth-order valence-corrected chi connectivity index (χ4v) is 1.28. The van der Waals surface area contributed by atoms with Crippen molar-refractivity contribution in [3.63, 3.8) is 0 Å². The maximum Gasteiger partial charge on any atom is 1.00 e. The minimum Gasteiger partial charge on any atom is -0.291 e. The molecule has 1 heterocycles. The Balaban J connectivity index is 0.000000980. The van der Waals surface area contributed by atoms with Crippen LogP contribution < -0.4 is 51.4 Å². The molecule has 0 unspecified atom stereocenters. The second-order valence-electron chi connectivity index (χ2n) is 2.84. The third-order valence-electron chi connectivity index (χ3n) is 1.90. The zero-order chi connectivity index (χ0) is 9.26. The van der Waals surface area contributed by atoms with Crippen LogP contribution in [0.25, 0.3) is 10.9 Å². The molecule has 1 aromatic heterocycles. The molecule has 0 bridgehead atoms. The third-order valence-corrected chi connectivity index (χ3v) is 1.90. The summed E-state index contributed by atoms with van der Waals surface area (Å²) < 4.78 is 0. The normalized spacial score (nSPS) is 9.14. The summed E-state index contributed by atoms with van der Waals surface area (Å²) in [4.78, 5) is 4.27. The van der Waals surface area contributed by atoms with E-state index in [2.05, 4.69) is 17.1 Å². The van der Waals surface area contributed by atoms with E-state index in [4.69, 9.17) is 5.26 Å². The molecule has 3 heteroatoms. The fraction of sp³-hybridized carbons (Fsp3) is 0.0909. The van der Waals surface area contributed by atoms with Gasteiger partial charge in [-0.3, -0.25) is 4.98 Å². The summed E-state index contributed by atoms with van der Waals surface area (Å²) in [6.45, 7) is 1.87. The number of benzene rings is 1. The molecule has 0 N–H and O–H groups in total. The standard InChI is InChI=1S/C11H7N2.K/c1-8-5-6-9-3-2-4-10(7-12)11(9)13-8;/h2-4,6H,1H3;/q-1;+1. The minimum absolute atomic E-state index is 0. The first-order chi connectivity index (χ1) is 6.31. The topological polar surface area (TPSA) is 36.7 Å². The number of rotatable bonds is 0. The molecule has 0 amide bonds. The van der Waals surface area contributed by atoms with Crippen LogP contribution in [0.1, 0.15) is 11.3 Å². The summed E-state index contributed by atoms with van der Waals surface area (Å²) >= 11 is 0. The molecule has 14 heavy (non-hydrogen) atoms. The van der Waals surface area contributed by atoms with E-state index in [9.17, 15) is 0 Å². The molecule has 0 radical (unpaired) electrons. The number of aromatic nitrogens is 1. The van der Waals surface area contributed by atoms with Crippen LogP contribution >= 0.6 is 0 Å². The van der Waals surface area contributed by atoms with Gasteiger partial charge < -0.3 is 0 Å². The molecule has 0 aliphatic heterocycles. The Kier molecular flexibility index (Phi) is 4.23. The van der Waals surface area contributed by atoms with Gasteiger partial charge in [0.15, 0.2) is 0 Å². The molecule has 0 aliphatic carbocycles. The van der Waals surface area contributed by atoms with Gasteiger partial charge in [0, 0.05) is 5.52 Å². The van der Waals surface area contributed by atoms with Crippen LogP contribution in [0, 0.1) is 24.3 Å². The number of hydrogen-bond donors (Lipinski definition) is 0. The van der Waals surface area contributed by atoms with E-state index in [0.29, 0.717) is 5.56 Å². The van der Waals surface area contributed by atoms with E-state index in [0.717, 1.165) is 16.6 Å². The van der Waals surface area contributed by atoms with Crippen LogP contribution in [0.4, 0.5) is 0 Å². The Labute approximate surface area is 125 Å². The van der Waals surface area contributed by atoms with Crippen LogP contribution in [0.15, 0.2) is 24.3 Å². The van der Waals surface area contributed by atoms with Crippen molar-refractivity contribution < 1.29 is 51.4 Å². The quantitative estimate of drug-likeness (QED) is 0.419. The van der Waals surface area contributed by atoms with Gasteiger partial charge in [-0.1, -0.05) is 11.8 Å². The molecule has 0 saturated heterocycles. The first-order valence-corrected chi connectivity index (χ1v) is 3.99. The summed E-state index contributed by atoms with van der Waals surface area (Å²) in [6.07, 6.45) is 0. The van der Waals surface area contributed by atoms with E-state index < -0.39 is 0 Å². The predicted molar refractivity (Wildman–Crippen MR) is 50.0 cm³/mol. The van der Waals surface area contributed by atoms with Crippen molar-refractivity contribution >= 4 is 10.9 Å². The predicted octanol–water partition coefficient (Wildman–Crippen LogP) is -0.781. The van der Waals surface area contributed by atoms with Crippen LogP contribution in [0.2, 0.25) is 0 Å². The molecule has 0 spiro atoms. The smallest absolute Gasteiger partial charge is 0.291 e. The van der Waals surface area contributed by atoms with E-state index in [1.165, 1.54) is 0 Å². The van der Waals surface area contributed by atoms with Crippen molar-refractivity contribution in [1.29, 1.82) is 5.26 Å². The van der Waals surface area contributed by atoms with Gasteiger partial charge in [0.25, 0.3) is 0 Å². The average Bonchev–Trinajstić information content (AvgIpc) is 2.17. The van der Waals surface area contributed by atoms with E-state index in [1.54, 1.807) is 6.07 Å². The Hall–Kier alpha value is -0.244. The molecule has 2 rings (SSSR count). The summed E-state index contributed by atoms with van der Waals surface area (Å²) in [5.74, 6) is 0. The van der Waals surface area contributed by atoms with Crippen LogP contribution in [-0.4, -0.2) is 4.98 Å². The molecule has 1 aromatic carbocycles. The third kappa shape index (κ3) is 2.22. The van der Waals surface area contributed by atoms with Gasteiger partial charge in [-0.2, -0.15) is 5.26 Å². The molecule has 0 aliphatic rings. The SMILES string of the molecule is Cc1[c-]cc2cccc(C#N)c2n1.[K+]. The van der Waals surface area contributed by atoms with Crippen molar-refractivity contribution in [2.75, 3.05) is 0 Å². The monoisotopic (exact) mass is 206 g/mol. The van der Waals surface area contributed by atoms with Gasteiger partial charge >= 0.3 is 51.4 Å². The second kappa shape index (κ2) is 5.01. The minimum atomic E-state index is 0. The molecule has 2 aromatic rings.